The highest BCUT2D eigenvalue weighted by Crippen LogP contribution is 2.26. The van der Waals surface area contributed by atoms with Crippen molar-refractivity contribution in [2.45, 2.75) is 51.2 Å². The molecule has 0 aromatic carbocycles. The van der Waals surface area contributed by atoms with E-state index in [-0.39, 0.29) is 11.5 Å². The summed E-state index contributed by atoms with van der Waals surface area (Å²) in [6.45, 7) is 6.28. The number of rotatable bonds is 2. The van der Waals surface area contributed by atoms with E-state index in [2.05, 4.69) is 31.1 Å². The molecule has 0 spiro atoms. The van der Waals surface area contributed by atoms with Crippen molar-refractivity contribution in [2.75, 3.05) is 19.6 Å². The molecule has 1 aromatic heterocycles. The maximum atomic E-state index is 12.3. The molecule has 0 saturated carbocycles. The summed E-state index contributed by atoms with van der Waals surface area (Å²) in [4.78, 5) is 1.46. The summed E-state index contributed by atoms with van der Waals surface area (Å²) in [7, 11) is 0. The van der Waals surface area contributed by atoms with E-state index in [1.807, 2.05) is 10.9 Å². The van der Waals surface area contributed by atoms with Crippen LogP contribution >= 0.6 is 0 Å². The van der Waals surface area contributed by atoms with Crippen LogP contribution < -0.4 is 0 Å². The summed E-state index contributed by atoms with van der Waals surface area (Å²) in [5, 5.41) is 8.29. The molecule has 0 aliphatic carbocycles. The van der Waals surface area contributed by atoms with Gasteiger partial charge in [-0.15, -0.1) is 5.10 Å². The first-order valence-electron chi connectivity index (χ1n) is 6.86. The zero-order chi connectivity index (χ0) is 15.0. The predicted octanol–water partition coefficient (Wildman–Crippen LogP) is 2.77. The third-order valence-electron chi connectivity index (χ3n) is 3.61. The average molecular weight is 290 g/mol. The molecule has 2 rings (SSSR count). The fourth-order valence-electron chi connectivity index (χ4n) is 2.39. The summed E-state index contributed by atoms with van der Waals surface area (Å²) in [5.41, 5.74) is 0.852. The lowest BCUT2D eigenvalue weighted by molar-refractivity contribution is -0.148. The quantitative estimate of drug-likeness (QED) is 0.840. The Bertz CT molecular complexity index is 439. The van der Waals surface area contributed by atoms with Crippen LogP contribution in [0.2, 0.25) is 0 Å². The monoisotopic (exact) mass is 290 g/mol. The van der Waals surface area contributed by atoms with E-state index in [4.69, 9.17) is 0 Å². The highest BCUT2D eigenvalue weighted by atomic mass is 19.4. The lowest BCUT2D eigenvalue weighted by Gasteiger charge is -2.32. The SMILES string of the molecule is CC(C)(C)c1cn(C2CCN(CC(F)(F)F)CC2)nn1. The molecule has 1 aliphatic heterocycles. The highest BCUT2D eigenvalue weighted by molar-refractivity contribution is 5.06. The van der Waals surface area contributed by atoms with Crippen molar-refractivity contribution >= 4 is 0 Å². The third kappa shape index (κ3) is 3.94. The molecule has 0 amide bonds. The first-order chi connectivity index (χ1) is 9.15. The minimum atomic E-state index is -4.11. The number of aromatic nitrogens is 3. The summed E-state index contributed by atoms with van der Waals surface area (Å²) in [5.74, 6) is 0. The van der Waals surface area contributed by atoms with Gasteiger partial charge in [-0.1, -0.05) is 26.0 Å². The fraction of sp³-hybridized carbons (Fsp3) is 0.846. The summed E-state index contributed by atoms with van der Waals surface area (Å²) in [6.07, 6.45) is -0.824. The Hall–Kier alpha value is -1.11. The molecule has 0 radical (unpaired) electrons. The maximum absolute atomic E-state index is 12.3. The Morgan fingerprint density at radius 2 is 1.80 bits per heavy atom. The Labute approximate surface area is 116 Å². The maximum Gasteiger partial charge on any atom is 0.401 e. The van der Waals surface area contributed by atoms with Crippen molar-refractivity contribution < 1.29 is 13.2 Å². The number of likely N-dealkylation sites (tertiary alicyclic amines) is 1. The van der Waals surface area contributed by atoms with Crippen LogP contribution in [0.25, 0.3) is 0 Å². The molecule has 0 bridgehead atoms. The highest BCUT2D eigenvalue weighted by Gasteiger charge is 2.33. The van der Waals surface area contributed by atoms with E-state index < -0.39 is 12.7 Å². The van der Waals surface area contributed by atoms with Gasteiger partial charge in [0.2, 0.25) is 0 Å². The van der Waals surface area contributed by atoms with Crippen molar-refractivity contribution in [3.8, 4) is 0 Å². The normalized spacial score (nSPS) is 19.5. The van der Waals surface area contributed by atoms with Gasteiger partial charge in [0.25, 0.3) is 0 Å². The standard InChI is InChI=1S/C13H21F3N4/c1-12(2,3)11-8-20(18-17-11)10-4-6-19(7-5-10)9-13(14,15)16/h8,10H,4-7,9H2,1-3H3. The summed E-state index contributed by atoms with van der Waals surface area (Å²) in [6, 6.07) is 0.156. The molecule has 114 valence electrons. The Morgan fingerprint density at radius 3 is 2.25 bits per heavy atom. The van der Waals surface area contributed by atoms with Gasteiger partial charge in [-0.05, 0) is 12.8 Å². The van der Waals surface area contributed by atoms with E-state index in [9.17, 15) is 13.2 Å². The smallest absolute Gasteiger partial charge is 0.295 e. The van der Waals surface area contributed by atoms with Gasteiger partial charge in [0.05, 0.1) is 18.3 Å². The van der Waals surface area contributed by atoms with Gasteiger partial charge in [-0.2, -0.15) is 13.2 Å². The molecule has 1 aliphatic rings. The van der Waals surface area contributed by atoms with Crippen LogP contribution in [-0.2, 0) is 5.41 Å². The molecular weight excluding hydrogens is 269 g/mol. The Morgan fingerprint density at radius 1 is 1.20 bits per heavy atom. The van der Waals surface area contributed by atoms with Crippen LogP contribution in [-0.4, -0.2) is 45.7 Å². The number of piperidine rings is 1. The topological polar surface area (TPSA) is 34.0 Å². The number of halogens is 3. The lowest BCUT2D eigenvalue weighted by atomic mass is 9.93. The second-order valence-electron chi connectivity index (χ2n) is 6.46. The van der Waals surface area contributed by atoms with Crippen molar-refractivity contribution in [1.29, 1.82) is 0 Å². The fourth-order valence-corrected chi connectivity index (χ4v) is 2.39. The van der Waals surface area contributed by atoms with Crippen LogP contribution in [0.1, 0.15) is 45.3 Å². The minimum absolute atomic E-state index is 0.0603. The zero-order valence-electron chi connectivity index (χ0n) is 12.1. The van der Waals surface area contributed by atoms with Crippen molar-refractivity contribution in [2.24, 2.45) is 0 Å². The molecule has 4 nitrogen and oxygen atoms in total. The van der Waals surface area contributed by atoms with Gasteiger partial charge in [0.15, 0.2) is 0 Å². The van der Waals surface area contributed by atoms with Gasteiger partial charge >= 0.3 is 6.18 Å². The number of nitrogens with zero attached hydrogens (tertiary/aromatic N) is 4. The molecule has 1 fully saturated rings. The van der Waals surface area contributed by atoms with Gasteiger partial charge in [0.1, 0.15) is 0 Å². The number of alkyl halides is 3. The van der Waals surface area contributed by atoms with Crippen LogP contribution in [0.4, 0.5) is 13.2 Å². The number of hydrogen-bond donors (Lipinski definition) is 0. The molecule has 7 heteroatoms. The van der Waals surface area contributed by atoms with Gasteiger partial charge in [-0.25, -0.2) is 4.68 Å². The second-order valence-corrected chi connectivity index (χ2v) is 6.46. The molecule has 1 aromatic rings. The Kier molecular flexibility index (Phi) is 4.09. The number of hydrogen-bond acceptors (Lipinski definition) is 3. The molecule has 20 heavy (non-hydrogen) atoms. The summed E-state index contributed by atoms with van der Waals surface area (Å²) < 4.78 is 38.8. The first-order valence-corrected chi connectivity index (χ1v) is 6.86. The zero-order valence-corrected chi connectivity index (χ0v) is 12.1. The van der Waals surface area contributed by atoms with Gasteiger partial charge in [0, 0.05) is 24.7 Å². The van der Waals surface area contributed by atoms with Gasteiger partial charge < -0.3 is 0 Å². The van der Waals surface area contributed by atoms with E-state index >= 15 is 0 Å². The van der Waals surface area contributed by atoms with E-state index in [1.54, 1.807) is 0 Å². The van der Waals surface area contributed by atoms with Crippen LogP contribution in [0.5, 0.6) is 0 Å². The molecule has 2 heterocycles. The van der Waals surface area contributed by atoms with Crippen LogP contribution in [0.15, 0.2) is 6.20 Å². The molecule has 0 atom stereocenters. The van der Waals surface area contributed by atoms with Crippen molar-refractivity contribution in [3.63, 3.8) is 0 Å². The van der Waals surface area contributed by atoms with Gasteiger partial charge in [-0.3, -0.25) is 4.90 Å². The second kappa shape index (κ2) is 5.35. The lowest BCUT2D eigenvalue weighted by Crippen LogP contribution is -2.40. The van der Waals surface area contributed by atoms with Crippen molar-refractivity contribution in [1.82, 2.24) is 19.9 Å². The van der Waals surface area contributed by atoms with E-state index in [0.717, 1.165) is 5.69 Å². The van der Waals surface area contributed by atoms with Crippen LogP contribution in [0.3, 0.4) is 0 Å². The first kappa shape index (κ1) is 15.3. The molecule has 0 unspecified atom stereocenters. The van der Waals surface area contributed by atoms with Crippen LogP contribution in [0, 0.1) is 0 Å². The summed E-state index contributed by atoms with van der Waals surface area (Å²) >= 11 is 0. The minimum Gasteiger partial charge on any atom is -0.295 e. The Balaban J connectivity index is 1.92. The predicted molar refractivity (Wildman–Crippen MR) is 69.5 cm³/mol. The third-order valence-corrected chi connectivity index (χ3v) is 3.61. The molecule has 1 saturated heterocycles. The molecular formula is C13H21F3N4. The van der Waals surface area contributed by atoms with E-state index in [0.29, 0.717) is 25.9 Å². The average Bonchev–Trinajstić information content (AvgIpc) is 2.76. The van der Waals surface area contributed by atoms with E-state index in [1.165, 1.54) is 4.90 Å². The van der Waals surface area contributed by atoms with Crippen molar-refractivity contribution in [3.05, 3.63) is 11.9 Å². The largest absolute Gasteiger partial charge is 0.401 e. The molecule has 0 N–H and O–H groups in total.